The van der Waals surface area contributed by atoms with E-state index in [1.165, 1.54) is 32.5 Å². The van der Waals surface area contributed by atoms with E-state index in [1.54, 1.807) is 0 Å². The summed E-state index contributed by atoms with van der Waals surface area (Å²) in [6.07, 6.45) is 4.69. The predicted octanol–water partition coefficient (Wildman–Crippen LogP) is 2.59. The zero-order chi connectivity index (χ0) is 12.2. The molecule has 0 unspecified atom stereocenters. The highest BCUT2D eigenvalue weighted by molar-refractivity contribution is 7.99. The largest absolute Gasteiger partial charge is 0.309 e. The fourth-order valence-electron chi connectivity index (χ4n) is 2.50. The molecule has 0 radical (unpaired) electrons. The second-order valence-electron chi connectivity index (χ2n) is 5.59. The third-order valence-electron chi connectivity index (χ3n) is 3.96. The van der Waals surface area contributed by atoms with Gasteiger partial charge in [0.05, 0.1) is 0 Å². The molecule has 0 aromatic carbocycles. The van der Waals surface area contributed by atoms with E-state index in [2.05, 4.69) is 44.2 Å². The summed E-state index contributed by atoms with van der Waals surface area (Å²) < 4.78 is 0.380. The molecular weight excluding hydrogens is 216 g/mol. The standard InChI is InChI=1S/C13H28N2S/c1-6-13(7-2)11-15(9-8-14-13)10-12(3,4)16-5/h14H,6-11H2,1-5H3. The molecule has 1 aliphatic rings. The smallest absolute Gasteiger partial charge is 0.0304 e. The summed E-state index contributed by atoms with van der Waals surface area (Å²) in [6, 6.07) is 0. The van der Waals surface area contributed by atoms with E-state index in [0.717, 1.165) is 6.54 Å². The number of nitrogens with zero attached hydrogens (tertiary/aromatic N) is 1. The Morgan fingerprint density at radius 3 is 2.44 bits per heavy atom. The van der Waals surface area contributed by atoms with Gasteiger partial charge in [-0.1, -0.05) is 13.8 Å². The van der Waals surface area contributed by atoms with Gasteiger partial charge in [0.15, 0.2) is 0 Å². The summed E-state index contributed by atoms with van der Waals surface area (Å²) in [5, 5.41) is 3.72. The minimum absolute atomic E-state index is 0.368. The van der Waals surface area contributed by atoms with Gasteiger partial charge in [-0.15, -0.1) is 0 Å². The molecule has 1 fully saturated rings. The first kappa shape index (κ1) is 14.3. The molecule has 0 bridgehead atoms. The van der Waals surface area contributed by atoms with Crippen molar-refractivity contribution in [2.24, 2.45) is 0 Å². The number of nitrogens with one attached hydrogen (secondary N) is 1. The molecule has 1 saturated heterocycles. The zero-order valence-electron chi connectivity index (χ0n) is 11.6. The zero-order valence-corrected chi connectivity index (χ0v) is 12.4. The quantitative estimate of drug-likeness (QED) is 0.800. The Kier molecular flexibility index (Phi) is 5.14. The van der Waals surface area contributed by atoms with Gasteiger partial charge in [0.1, 0.15) is 0 Å². The Balaban J connectivity index is 2.57. The highest BCUT2D eigenvalue weighted by atomic mass is 32.2. The summed E-state index contributed by atoms with van der Waals surface area (Å²) in [7, 11) is 0. The van der Waals surface area contributed by atoms with Crippen LogP contribution in [0.2, 0.25) is 0 Å². The molecule has 16 heavy (non-hydrogen) atoms. The first-order valence-corrected chi connectivity index (χ1v) is 7.72. The van der Waals surface area contributed by atoms with Crippen LogP contribution in [0.4, 0.5) is 0 Å². The summed E-state index contributed by atoms with van der Waals surface area (Å²) in [4.78, 5) is 2.64. The van der Waals surface area contributed by atoms with Crippen LogP contribution in [0.5, 0.6) is 0 Å². The normalized spacial score (nSPS) is 22.3. The molecule has 96 valence electrons. The van der Waals surface area contributed by atoms with Crippen LogP contribution in [0.1, 0.15) is 40.5 Å². The number of thioether (sulfide) groups is 1. The average molecular weight is 244 g/mol. The monoisotopic (exact) mass is 244 g/mol. The van der Waals surface area contributed by atoms with Crippen LogP contribution in [0.25, 0.3) is 0 Å². The molecule has 0 amide bonds. The van der Waals surface area contributed by atoms with Gasteiger partial charge in [0, 0.05) is 36.5 Å². The maximum absolute atomic E-state index is 3.72. The second kappa shape index (κ2) is 5.74. The fourth-order valence-corrected chi connectivity index (χ4v) is 2.82. The second-order valence-corrected chi connectivity index (χ2v) is 7.10. The van der Waals surface area contributed by atoms with Gasteiger partial charge in [-0.3, -0.25) is 4.90 Å². The van der Waals surface area contributed by atoms with Crippen LogP contribution in [0, 0.1) is 0 Å². The molecule has 1 heterocycles. The molecule has 0 aromatic rings. The Bertz CT molecular complexity index is 212. The van der Waals surface area contributed by atoms with E-state index in [9.17, 15) is 0 Å². The lowest BCUT2D eigenvalue weighted by atomic mass is 9.90. The summed E-state index contributed by atoms with van der Waals surface area (Å²) in [6.45, 7) is 14.1. The summed E-state index contributed by atoms with van der Waals surface area (Å²) in [5.74, 6) is 0. The van der Waals surface area contributed by atoms with Crippen LogP contribution in [0.3, 0.4) is 0 Å². The first-order valence-electron chi connectivity index (χ1n) is 6.49. The van der Waals surface area contributed by atoms with Crippen molar-refractivity contribution in [1.82, 2.24) is 10.2 Å². The Morgan fingerprint density at radius 1 is 1.31 bits per heavy atom. The summed E-state index contributed by atoms with van der Waals surface area (Å²) in [5.41, 5.74) is 0.368. The van der Waals surface area contributed by atoms with Gasteiger partial charge in [0.25, 0.3) is 0 Å². The maximum Gasteiger partial charge on any atom is 0.0304 e. The van der Waals surface area contributed by atoms with Crippen molar-refractivity contribution in [2.45, 2.75) is 50.8 Å². The lowest BCUT2D eigenvalue weighted by molar-refractivity contribution is 0.118. The Morgan fingerprint density at radius 2 is 1.94 bits per heavy atom. The SMILES string of the molecule is CCC1(CC)CN(CC(C)(C)SC)CCN1. The number of rotatable bonds is 5. The molecule has 1 rings (SSSR count). The molecule has 0 atom stereocenters. The first-order chi connectivity index (χ1) is 7.47. The highest BCUT2D eigenvalue weighted by Gasteiger charge is 2.33. The van der Waals surface area contributed by atoms with E-state index >= 15 is 0 Å². The van der Waals surface area contributed by atoms with Crippen LogP contribution < -0.4 is 5.32 Å². The van der Waals surface area contributed by atoms with E-state index < -0.39 is 0 Å². The van der Waals surface area contributed by atoms with Crippen LogP contribution in [-0.4, -0.2) is 47.6 Å². The molecule has 3 heteroatoms. The van der Waals surface area contributed by atoms with Gasteiger partial charge in [0.2, 0.25) is 0 Å². The molecule has 2 nitrogen and oxygen atoms in total. The molecule has 1 aliphatic heterocycles. The predicted molar refractivity (Wildman–Crippen MR) is 75.3 cm³/mol. The van der Waals surface area contributed by atoms with Crippen molar-refractivity contribution in [2.75, 3.05) is 32.4 Å². The van der Waals surface area contributed by atoms with Crippen molar-refractivity contribution in [1.29, 1.82) is 0 Å². The summed E-state index contributed by atoms with van der Waals surface area (Å²) >= 11 is 1.97. The van der Waals surface area contributed by atoms with Crippen molar-refractivity contribution in [3.05, 3.63) is 0 Å². The number of hydrogen-bond acceptors (Lipinski definition) is 3. The van der Waals surface area contributed by atoms with Gasteiger partial charge in [-0.05, 0) is 32.9 Å². The van der Waals surface area contributed by atoms with Crippen molar-refractivity contribution < 1.29 is 0 Å². The van der Waals surface area contributed by atoms with Crippen LogP contribution >= 0.6 is 11.8 Å². The molecular formula is C13H28N2S. The van der Waals surface area contributed by atoms with Gasteiger partial charge in [-0.2, -0.15) is 11.8 Å². The van der Waals surface area contributed by atoms with Gasteiger partial charge in [-0.25, -0.2) is 0 Å². The van der Waals surface area contributed by atoms with E-state index in [0.29, 0.717) is 10.3 Å². The van der Waals surface area contributed by atoms with E-state index in [-0.39, 0.29) is 0 Å². The topological polar surface area (TPSA) is 15.3 Å². The van der Waals surface area contributed by atoms with Crippen molar-refractivity contribution >= 4 is 11.8 Å². The third kappa shape index (κ3) is 3.64. The average Bonchev–Trinajstić information content (AvgIpc) is 2.28. The van der Waals surface area contributed by atoms with Crippen molar-refractivity contribution in [3.63, 3.8) is 0 Å². The van der Waals surface area contributed by atoms with Crippen LogP contribution in [-0.2, 0) is 0 Å². The number of hydrogen-bond donors (Lipinski definition) is 1. The van der Waals surface area contributed by atoms with Gasteiger partial charge < -0.3 is 5.32 Å². The minimum atomic E-state index is 0.368. The highest BCUT2D eigenvalue weighted by Crippen LogP contribution is 2.26. The molecule has 0 aliphatic carbocycles. The lowest BCUT2D eigenvalue weighted by Crippen LogP contribution is -2.61. The van der Waals surface area contributed by atoms with E-state index in [1.807, 2.05) is 11.8 Å². The maximum atomic E-state index is 3.72. The van der Waals surface area contributed by atoms with E-state index in [4.69, 9.17) is 0 Å². The number of piperazine rings is 1. The molecule has 0 spiro atoms. The third-order valence-corrected chi connectivity index (χ3v) is 5.20. The van der Waals surface area contributed by atoms with Crippen LogP contribution in [0.15, 0.2) is 0 Å². The Hall–Kier alpha value is 0.270. The molecule has 0 aromatic heterocycles. The lowest BCUT2D eigenvalue weighted by Gasteiger charge is -2.45. The van der Waals surface area contributed by atoms with Gasteiger partial charge >= 0.3 is 0 Å². The fraction of sp³-hybridized carbons (Fsp3) is 1.00. The molecule has 1 N–H and O–H groups in total. The Labute approximate surface area is 106 Å². The molecule has 0 saturated carbocycles. The van der Waals surface area contributed by atoms with Crippen molar-refractivity contribution in [3.8, 4) is 0 Å². The minimum Gasteiger partial charge on any atom is -0.309 e.